The molecule has 10 rings (SSSR count). The van der Waals surface area contributed by atoms with Crippen molar-refractivity contribution in [2.45, 2.75) is 0 Å². The summed E-state index contributed by atoms with van der Waals surface area (Å²) in [6, 6.07) is 62.1. The molecule has 49 heavy (non-hydrogen) atoms. The smallest absolute Gasteiger partial charge is 0.137 e. The Morgan fingerprint density at radius 1 is 0.347 bits per heavy atom. The normalized spacial score (nSPS) is 11.7. The monoisotopic (exact) mass is 627 g/mol. The van der Waals surface area contributed by atoms with Crippen molar-refractivity contribution >= 4 is 71.7 Å². The molecule has 0 atom stereocenters. The zero-order chi connectivity index (χ0) is 32.3. The van der Waals surface area contributed by atoms with E-state index in [2.05, 4.69) is 157 Å². The van der Waals surface area contributed by atoms with Crippen LogP contribution in [-0.2, 0) is 0 Å². The highest BCUT2D eigenvalue weighted by atomic mass is 16.3. The third kappa shape index (κ3) is 4.44. The average molecular weight is 628 g/mol. The number of hydrogen-bond acceptors (Lipinski definition) is 3. The first-order chi connectivity index (χ1) is 24.3. The quantitative estimate of drug-likeness (QED) is 0.190. The summed E-state index contributed by atoms with van der Waals surface area (Å²) in [5, 5.41) is 6.90. The second-order valence-electron chi connectivity index (χ2n) is 12.5. The van der Waals surface area contributed by atoms with Gasteiger partial charge in [0, 0.05) is 44.5 Å². The minimum Gasteiger partial charge on any atom is -0.456 e. The van der Waals surface area contributed by atoms with Crippen LogP contribution in [0.3, 0.4) is 0 Å². The maximum atomic E-state index is 6.43. The first-order valence-electron chi connectivity index (χ1n) is 16.6. The average Bonchev–Trinajstić information content (AvgIpc) is 3.73. The number of nitrogens with zero attached hydrogens (tertiary/aromatic N) is 1. The van der Waals surface area contributed by atoms with Gasteiger partial charge in [0.15, 0.2) is 0 Å². The molecule has 230 valence electrons. The van der Waals surface area contributed by atoms with Gasteiger partial charge in [0.2, 0.25) is 0 Å². The molecule has 0 aliphatic rings. The van der Waals surface area contributed by atoms with Gasteiger partial charge in [-0.05, 0) is 76.0 Å². The van der Waals surface area contributed by atoms with E-state index in [-0.39, 0.29) is 0 Å². The summed E-state index contributed by atoms with van der Waals surface area (Å²) in [7, 11) is 0. The fourth-order valence-electron chi connectivity index (χ4n) is 7.47. The van der Waals surface area contributed by atoms with Crippen LogP contribution in [0.25, 0.3) is 76.9 Å². The molecule has 0 unspecified atom stereocenters. The van der Waals surface area contributed by atoms with Crippen LogP contribution in [0.4, 0.5) is 17.1 Å². The summed E-state index contributed by atoms with van der Waals surface area (Å²) in [6.07, 6.45) is 0. The van der Waals surface area contributed by atoms with Crippen molar-refractivity contribution in [2.75, 3.05) is 4.90 Å². The fraction of sp³-hybridized carbons (Fsp3) is 0. The third-order valence-corrected chi connectivity index (χ3v) is 9.66. The maximum Gasteiger partial charge on any atom is 0.137 e. The lowest BCUT2D eigenvalue weighted by atomic mass is 9.96. The molecule has 0 fully saturated rings. The lowest BCUT2D eigenvalue weighted by Crippen LogP contribution is -2.11. The summed E-state index contributed by atoms with van der Waals surface area (Å²) in [5.74, 6) is 0. The van der Waals surface area contributed by atoms with Crippen molar-refractivity contribution in [1.82, 2.24) is 0 Å². The summed E-state index contributed by atoms with van der Waals surface area (Å²) in [4.78, 5) is 2.36. The number of benzene rings is 8. The van der Waals surface area contributed by atoms with Gasteiger partial charge in [0.25, 0.3) is 0 Å². The Labute approximate surface area is 282 Å². The van der Waals surface area contributed by atoms with Gasteiger partial charge in [-0.2, -0.15) is 0 Å². The third-order valence-electron chi connectivity index (χ3n) is 9.66. The summed E-state index contributed by atoms with van der Waals surface area (Å²) in [6.45, 7) is 0. The lowest BCUT2D eigenvalue weighted by Gasteiger charge is -2.28. The van der Waals surface area contributed by atoms with E-state index in [4.69, 9.17) is 8.83 Å². The van der Waals surface area contributed by atoms with Gasteiger partial charge in [-0.3, -0.25) is 0 Å². The highest BCUT2D eigenvalue weighted by Crippen LogP contribution is 2.46. The van der Waals surface area contributed by atoms with Crippen molar-refractivity contribution in [3.05, 3.63) is 176 Å². The van der Waals surface area contributed by atoms with Crippen molar-refractivity contribution < 1.29 is 8.83 Å². The minimum absolute atomic E-state index is 0.856. The van der Waals surface area contributed by atoms with E-state index in [9.17, 15) is 0 Å². The number of rotatable bonds is 5. The number of anilines is 3. The Bertz CT molecular complexity index is 2850. The molecule has 0 amide bonds. The van der Waals surface area contributed by atoms with Gasteiger partial charge in [0.1, 0.15) is 22.3 Å². The molecule has 0 aliphatic carbocycles. The second-order valence-corrected chi connectivity index (χ2v) is 12.5. The first-order valence-corrected chi connectivity index (χ1v) is 16.6. The fourth-order valence-corrected chi connectivity index (χ4v) is 7.47. The molecule has 0 spiro atoms. The van der Waals surface area contributed by atoms with E-state index in [0.29, 0.717) is 0 Å². The van der Waals surface area contributed by atoms with Crippen molar-refractivity contribution in [3.63, 3.8) is 0 Å². The summed E-state index contributed by atoms with van der Waals surface area (Å²) < 4.78 is 12.8. The first kappa shape index (κ1) is 27.5. The van der Waals surface area contributed by atoms with Crippen LogP contribution in [0.2, 0.25) is 0 Å². The summed E-state index contributed by atoms with van der Waals surface area (Å²) in [5.41, 5.74) is 11.2. The van der Waals surface area contributed by atoms with Crippen LogP contribution in [-0.4, -0.2) is 0 Å². The number of fused-ring (bicyclic) bond motifs is 7. The molecular formula is C46H29NO2. The van der Waals surface area contributed by atoms with E-state index in [0.717, 1.165) is 77.6 Å². The van der Waals surface area contributed by atoms with Gasteiger partial charge >= 0.3 is 0 Å². The molecule has 8 aromatic carbocycles. The van der Waals surface area contributed by atoms with Gasteiger partial charge in [-0.15, -0.1) is 0 Å². The van der Waals surface area contributed by atoms with Gasteiger partial charge in [-0.25, -0.2) is 0 Å². The molecular weight excluding hydrogens is 599 g/mol. The van der Waals surface area contributed by atoms with E-state index >= 15 is 0 Å². The molecule has 0 N–H and O–H groups in total. The molecule has 0 bridgehead atoms. The Hall–Kier alpha value is -6.58. The molecule has 0 radical (unpaired) electrons. The van der Waals surface area contributed by atoms with E-state index < -0.39 is 0 Å². The molecule has 3 heteroatoms. The molecule has 0 saturated heterocycles. The number of furan rings is 2. The van der Waals surface area contributed by atoms with Crippen LogP contribution in [0, 0.1) is 0 Å². The Balaban J connectivity index is 1.23. The van der Waals surface area contributed by atoms with Crippen LogP contribution in [0.15, 0.2) is 185 Å². The Morgan fingerprint density at radius 3 is 1.86 bits per heavy atom. The highest BCUT2D eigenvalue weighted by molar-refractivity contribution is 6.14. The van der Waals surface area contributed by atoms with E-state index in [1.165, 1.54) is 16.3 Å². The SMILES string of the molecule is c1cc(-c2cccc3ccccc23)cc(N(c2ccc3c(c2)oc2ccccc23)c2ccccc2-c2cccc3oc4ccccc4c23)c1. The van der Waals surface area contributed by atoms with E-state index in [1.54, 1.807) is 0 Å². The van der Waals surface area contributed by atoms with Crippen molar-refractivity contribution in [2.24, 2.45) is 0 Å². The molecule has 10 aromatic rings. The van der Waals surface area contributed by atoms with Crippen LogP contribution in [0.1, 0.15) is 0 Å². The topological polar surface area (TPSA) is 29.5 Å². The molecule has 2 aromatic heterocycles. The maximum absolute atomic E-state index is 6.43. The zero-order valence-corrected chi connectivity index (χ0v) is 26.5. The van der Waals surface area contributed by atoms with Gasteiger partial charge < -0.3 is 13.7 Å². The lowest BCUT2D eigenvalue weighted by molar-refractivity contribution is 0.668. The largest absolute Gasteiger partial charge is 0.456 e. The van der Waals surface area contributed by atoms with Crippen molar-refractivity contribution in [3.8, 4) is 22.3 Å². The Morgan fingerprint density at radius 2 is 0.939 bits per heavy atom. The molecule has 0 saturated carbocycles. The number of para-hydroxylation sites is 3. The van der Waals surface area contributed by atoms with Crippen molar-refractivity contribution in [1.29, 1.82) is 0 Å². The van der Waals surface area contributed by atoms with Crippen LogP contribution >= 0.6 is 0 Å². The Kier molecular flexibility index (Phi) is 6.18. The second kappa shape index (κ2) is 11.0. The predicted molar refractivity (Wildman–Crippen MR) is 204 cm³/mol. The zero-order valence-electron chi connectivity index (χ0n) is 26.5. The van der Waals surface area contributed by atoms with Gasteiger partial charge in [0.05, 0.1) is 5.69 Å². The predicted octanol–water partition coefficient (Wildman–Crippen LogP) is 13.4. The van der Waals surface area contributed by atoms with Crippen LogP contribution < -0.4 is 4.90 Å². The van der Waals surface area contributed by atoms with E-state index in [1.807, 2.05) is 24.3 Å². The summed E-state index contributed by atoms with van der Waals surface area (Å²) >= 11 is 0. The minimum atomic E-state index is 0.856. The molecule has 0 aliphatic heterocycles. The van der Waals surface area contributed by atoms with Crippen LogP contribution in [0.5, 0.6) is 0 Å². The molecule has 2 heterocycles. The van der Waals surface area contributed by atoms with Gasteiger partial charge in [-0.1, -0.05) is 121 Å². The number of hydrogen-bond donors (Lipinski definition) is 0. The standard InChI is InChI=1S/C46H29NO2/c1-2-16-34-30(12-1)13-10-20-35(34)31-14-9-15-32(28-31)47(33-26-27-38-37-18-4-7-23-42(37)49-45(38)29-33)41-22-6-3-17-36(41)39-21-11-25-44-46(39)40-19-5-8-24-43(40)48-44/h1-29H. The highest BCUT2D eigenvalue weighted by Gasteiger charge is 2.22. The molecule has 3 nitrogen and oxygen atoms in total.